The lowest BCUT2D eigenvalue weighted by Gasteiger charge is -2.17. The van der Waals surface area contributed by atoms with Crippen LogP contribution in [0.25, 0.3) is 0 Å². The standard InChI is InChI=1S/C13H24O4/c1-10(14)11(15)7-5-6-8-12(16)17-9-13(2,3)4/h10,14H,5-9H2,1-4H3. The SMILES string of the molecule is CC(O)C(=O)CCCCC(=O)OCC(C)(C)C. The largest absolute Gasteiger partial charge is 0.465 e. The Morgan fingerprint density at radius 1 is 1.18 bits per heavy atom. The van der Waals surface area contributed by atoms with Gasteiger partial charge in [-0.15, -0.1) is 0 Å². The van der Waals surface area contributed by atoms with Crippen LogP contribution in [0, 0.1) is 5.41 Å². The van der Waals surface area contributed by atoms with Crippen molar-refractivity contribution in [1.29, 1.82) is 0 Å². The summed E-state index contributed by atoms with van der Waals surface area (Å²) in [7, 11) is 0. The molecule has 0 radical (unpaired) electrons. The molecule has 0 aliphatic carbocycles. The van der Waals surface area contributed by atoms with Gasteiger partial charge in [-0.25, -0.2) is 0 Å². The van der Waals surface area contributed by atoms with E-state index >= 15 is 0 Å². The summed E-state index contributed by atoms with van der Waals surface area (Å²) >= 11 is 0. The number of hydrogen-bond acceptors (Lipinski definition) is 4. The summed E-state index contributed by atoms with van der Waals surface area (Å²) in [4.78, 5) is 22.4. The van der Waals surface area contributed by atoms with Crippen molar-refractivity contribution in [2.24, 2.45) is 5.41 Å². The first-order valence-electron chi connectivity index (χ1n) is 6.09. The van der Waals surface area contributed by atoms with Crippen LogP contribution in [0.5, 0.6) is 0 Å². The molecule has 17 heavy (non-hydrogen) atoms. The van der Waals surface area contributed by atoms with Crippen LogP contribution < -0.4 is 0 Å². The second-order valence-corrected chi connectivity index (χ2v) is 5.57. The average molecular weight is 244 g/mol. The van der Waals surface area contributed by atoms with Gasteiger partial charge in [0, 0.05) is 12.8 Å². The number of aliphatic hydroxyl groups is 1. The van der Waals surface area contributed by atoms with E-state index in [1.165, 1.54) is 6.92 Å². The normalized spacial score (nSPS) is 13.2. The van der Waals surface area contributed by atoms with Gasteiger partial charge in [-0.05, 0) is 25.2 Å². The molecule has 0 spiro atoms. The molecule has 0 aromatic heterocycles. The summed E-state index contributed by atoms with van der Waals surface area (Å²) in [5.41, 5.74) is -0.0159. The van der Waals surface area contributed by atoms with Gasteiger partial charge in [-0.1, -0.05) is 20.8 Å². The topological polar surface area (TPSA) is 63.6 Å². The molecule has 0 amide bonds. The molecule has 0 bridgehead atoms. The highest BCUT2D eigenvalue weighted by Gasteiger charge is 2.14. The van der Waals surface area contributed by atoms with Crippen molar-refractivity contribution in [3.8, 4) is 0 Å². The summed E-state index contributed by atoms with van der Waals surface area (Å²) in [5, 5.41) is 8.96. The number of esters is 1. The number of rotatable bonds is 7. The number of hydrogen-bond donors (Lipinski definition) is 1. The Morgan fingerprint density at radius 2 is 1.71 bits per heavy atom. The molecule has 0 rings (SSSR count). The summed E-state index contributed by atoms with van der Waals surface area (Å²) in [6.07, 6.45) is 1.01. The minimum absolute atomic E-state index is 0.0159. The van der Waals surface area contributed by atoms with E-state index in [9.17, 15) is 9.59 Å². The van der Waals surface area contributed by atoms with E-state index in [0.717, 1.165) is 0 Å². The van der Waals surface area contributed by atoms with Gasteiger partial charge < -0.3 is 9.84 Å². The van der Waals surface area contributed by atoms with E-state index in [0.29, 0.717) is 32.3 Å². The van der Waals surface area contributed by atoms with Crippen molar-refractivity contribution >= 4 is 11.8 Å². The minimum atomic E-state index is -0.900. The molecule has 0 aliphatic heterocycles. The molecule has 0 saturated heterocycles. The smallest absolute Gasteiger partial charge is 0.305 e. The second kappa shape index (κ2) is 7.43. The third-order valence-corrected chi connectivity index (χ3v) is 2.19. The zero-order valence-corrected chi connectivity index (χ0v) is 11.3. The van der Waals surface area contributed by atoms with Gasteiger partial charge >= 0.3 is 5.97 Å². The van der Waals surface area contributed by atoms with Crippen LogP contribution in [-0.2, 0) is 14.3 Å². The van der Waals surface area contributed by atoms with Crippen molar-refractivity contribution < 1.29 is 19.4 Å². The molecule has 0 fully saturated rings. The minimum Gasteiger partial charge on any atom is -0.465 e. The molecule has 0 heterocycles. The van der Waals surface area contributed by atoms with Crippen molar-refractivity contribution in [3.63, 3.8) is 0 Å². The third-order valence-electron chi connectivity index (χ3n) is 2.19. The van der Waals surface area contributed by atoms with Gasteiger partial charge in [0.05, 0.1) is 6.61 Å². The van der Waals surface area contributed by atoms with E-state index in [4.69, 9.17) is 9.84 Å². The first-order chi connectivity index (χ1) is 7.72. The van der Waals surface area contributed by atoms with Crippen molar-refractivity contribution in [3.05, 3.63) is 0 Å². The fourth-order valence-electron chi connectivity index (χ4n) is 1.15. The zero-order chi connectivity index (χ0) is 13.5. The molecule has 1 N–H and O–H groups in total. The predicted molar refractivity (Wildman–Crippen MR) is 65.6 cm³/mol. The maximum atomic E-state index is 11.3. The zero-order valence-electron chi connectivity index (χ0n) is 11.3. The van der Waals surface area contributed by atoms with Gasteiger partial charge in [-0.2, -0.15) is 0 Å². The lowest BCUT2D eigenvalue weighted by molar-refractivity contribution is -0.146. The first kappa shape index (κ1) is 16.1. The Hall–Kier alpha value is -0.900. The van der Waals surface area contributed by atoms with Crippen LogP contribution in [0.15, 0.2) is 0 Å². The van der Waals surface area contributed by atoms with Crippen molar-refractivity contribution in [2.75, 3.05) is 6.61 Å². The van der Waals surface area contributed by atoms with Crippen LogP contribution in [0.3, 0.4) is 0 Å². The molecular formula is C13H24O4. The second-order valence-electron chi connectivity index (χ2n) is 5.57. The van der Waals surface area contributed by atoms with Gasteiger partial charge in [0.15, 0.2) is 5.78 Å². The summed E-state index contributed by atoms with van der Waals surface area (Å²) < 4.78 is 5.09. The maximum absolute atomic E-state index is 11.3. The van der Waals surface area contributed by atoms with Crippen LogP contribution in [0.1, 0.15) is 53.4 Å². The summed E-state index contributed by atoms with van der Waals surface area (Å²) in [5.74, 6) is -0.391. The predicted octanol–water partition coefficient (Wildman–Crippen LogP) is 2.09. The summed E-state index contributed by atoms with van der Waals surface area (Å²) in [6, 6.07) is 0. The molecule has 0 aromatic rings. The van der Waals surface area contributed by atoms with Crippen LogP contribution >= 0.6 is 0 Å². The monoisotopic (exact) mass is 244 g/mol. The number of unbranched alkanes of at least 4 members (excludes halogenated alkanes) is 1. The Morgan fingerprint density at radius 3 is 2.18 bits per heavy atom. The van der Waals surface area contributed by atoms with Crippen molar-refractivity contribution in [1.82, 2.24) is 0 Å². The highest BCUT2D eigenvalue weighted by atomic mass is 16.5. The van der Waals surface area contributed by atoms with Crippen LogP contribution in [0.2, 0.25) is 0 Å². The Labute approximate surface area is 103 Å². The Balaban J connectivity index is 3.56. The summed E-state index contributed by atoms with van der Waals surface area (Å²) in [6.45, 7) is 7.88. The van der Waals surface area contributed by atoms with Gasteiger partial charge in [0.1, 0.15) is 6.10 Å². The lowest BCUT2D eigenvalue weighted by atomic mass is 9.99. The first-order valence-corrected chi connectivity index (χ1v) is 6.09. The van der Waals surface area contributed by atoms with E-state index in [1.807, 2.05) is 20.8 Å². The fourth-order valence-corrected chi connectivity index (χ4v) is 1.15. The van der Waals surface area contributed by atoms with Gasteiger partial charge in [0.2, 0.25) is 0 Å². The molecule has 4 heteroatoms. The quantitative estimate of drug-likeness (QED) is 0.550. The van der Waals surface area contributed by atoms with E-state index in [2.05, 4.69) is 0 Å². The number of Topliss-reactive ketones (excluding diaryl/α,β-unsaturated/α-hetero) is 1. The van der Waals surface area contributed by atoms with Crippen molar-refractivity contribution in [2.45, 2.75) is 59.5 Å². The molecule has 0 aliphatic rings. The third kappa shape index (κ3) is 10.00. The molecule has 1 atom stereocenters. The molecular weight excluding hydrogens is 220 g/mol. The number of aliphatic hydroxyl groups excluding tert-OH is 1. The highest BCUT2D eigenvalue weighted by Crippen LogP contribution is 2.13. The number of carbonyl (C=O) groups excluding carboxylic acids is 2. The van der Waals surface area contributed by atoms with Gasteiger partial charge in [0.25, 0.3) is 0 Å². The van der Waals surface area contributed by atoms with Crippen LogP contribution in [0.4, 0.5) is 0 Å². The number of ether oxygens (including phenoxy) is 1. The van der Waals surface area contributed by atoms with E-state index in [1.54, 1.807) is 0 Å². The van der Waals surface area contributed by atoms with E-state index < -0.39 is 6.10 Å². The molecule has 0 saturated carbocycles. The fraction of sp³-hybridized carbons (Fsp3) is 0.846. The molecule has 0 aromatic carbocycles. The highest BCUT2D eigenvalue weighted by molar-refractivity contribution is 5.82. The number of carbonyl (C=O) groups is 2. The average Bonchev–Trinajstić information content (AvgIpc) is 2.20. The van der Waals surface area contributed by atoms with Gasteiger partial charge in [-0.3, -0.25) is 9.59 Å². The van der Waals surface area contributed by atoms with E-state index in [-0.39, 0.29) is 17.2 Å². The molecule has 100 valence electrons. The molecule has 1 unspecified atom stereocenters. The molecule has 4 nitrogen and oxygen atoms in total. The number of ketones is 1. The Bertz CT molecular complexity index is 251. The lowest BCUT2D eigenvalue weighted by Crippen LogP contribution is -2.18. The Kier molecular flexibility index (Phi) is 7.04. The van der Waals surface area contributed by atoms with Crippen LogP contribution in [-0.4, -0.2) is 29.6 Å². The maximum Gasteiger partial charge on any atom is 0.305 e.